The number of hydrogen-bond acceptors (Lipinski definition) is 2. The van der Waals surface area contributed by atoms with Gasteiger partial charge in [-0.1, -0.05) is 6.08 Å². The molecule has 1 N–H and O–H groups in total. The molecule has 1 aliphatic rings. The molecule has 0 unspecified atom stereocenters. The summed E-state index contributed by atoms with van der Waals surface area (Å²) in [6, 6.07) is 0. The topological polar surface area (TPSA) is 40.5 Å². The molecule has 1 rings (SSSR count). The second-order valence-electron chi connectivity index (χ2n) is 3.03. The van der Waals surface area contributed by atoms with Crippen LogP contribution in [0.2, 0.25) is 0 Å². The summed E-state index contributed by atoms with van der Waals surface area (Å²) in [6.07, 6.45) is 5.13. The molecule has 1 fully saturated rings. The molecular weight excluding hydrogens is 154 g/mol. The van der Waals surface area contributed by atoms with Gasteiger partial charge in [0.05, 0.1) is 0 Å². The maximum atomic E-state index is 10.7. The lowest BCUT2D eigenvalue weighted by molar-refractivity contribution is -0.134. The molecule has 12 heavy (non-hydrogen) atoms. The van der Waals surface area contributed by atoms with Crippen molar-refractivity contribution in [3.63, 3.8) is 0 Å². The van der Waals surface area contributed by atoms with Gasteiger partial charge in [0.1, 0.15) is 5.70 Å². The fourth-order valence-electron chi connectivity index (χ4n) is 1.58. The van der Waals surface area contributed by atoms with Gasteiger partial charge in [0, 0.05) is 13.1 Å². The third kappa shape index (κ3) is 2.00. The van der Waals surface area contributed by atoms with Crippen LogP contribution in [0.5, 0.6) is 0 Å². The van der Waals surface area contributed by atoms with Crippen LogP contribution in [0, 0.1) is 0 Å². The number of piperidine rings is 1. The van der Waals surface area contributed by atoms with Crippen molar-refractivity contribution in [3.05, 3.63) is 11.8 Å². The summed E-state index contributed by atoms with van der Waals surface area (Å²) < 4.78 is 0. The zero-order chi connectivity index (χ0) is 8.97. The monoisotopic (exact) mass is 169 g/mol. The van der Waals surface area contributed by atoms with E-state index in [-0.39, 0.29) is 0 Å². The highest BCUT2D eigenvalue weighted by atomic mass is 16.4. The quantitative estimate of drug-likeness (QED) is 0.636. The first-order valence-corrected chi connectivity index (χ1v) is 4.40. The fraction of sp³-hybridized carbons (Fsp3) is 0.667. The SMILES string of the molecule is CC=C(C(=O)O)N1CCCCC1. The maximum Gasteiger partial charge on any atom is 0.351 e. The van der Waals surface area contributed by atoms with Crippen LogP contribution in [0.25, 0.3) is 0 Å². The van der Waals surface area contributed by atoms with E-state index >= 15 is 0 Å². The van der Waals surface area contributed by atoms with Gasteiger partial charge in [-0.15, -0.1) is 0 Å². The van der Waals surface area contributed by atoms with Crippen LogP contribution in [0.4, 0.5) is 0 Å². The van der Waals surface area contributed by atoms with E-state index in [0.29, 0.717) is 5.70 Å². The van der Waals surface area contributed by atoms with Crippen molar-refractivity contribution in [1.29, 1.82) is 0 Å². The summed E-state index contributed by atoms with van der Waals surface area (Å²) in [5.74, 6) is -0.806. The molecule has 0 spiro atoms. The average Bonchev–Trinajstić information content (AvgIpc) is 2.07. The summed E-state index contributed by atoms with van der Waals surface area (Å²) in [5.41, 5.74) is 0.453. The number of hydrogen-bond donors (Lipinski definition) is 1. The van der Waals surface area contributed by atoms with Crippen molar-refractivity contribution in [2.24, 2.45) is 0 Å². The highest BCUT2D eigenvalue weighted by molar-refractivity contribution is 5.85. The molecule has 3 heteroatoms. The van der Waals surface area contributed by atoms with Crippen LogP contribution in [0.15, 0.2) is 11.8 Å². The van der Waals surface area contributed by atoms with E-state index in [4.69, 9.17) is 5.11 Å². The van der Waals surface area contributed by atoms with Crippen molar-refractivity contribution in [2.45, 2.75) is 26.2 Å². The van der Waals surface area contributed by atoms with Gasteiger partial charge in [0.15, 0.2) is 0 Å². The van der Waals surface area contributed by atoms with E-state index in [1.165, 1.54) is 6.42 Å². The minimum Gasteiger partial charge on any atom is -0.477 e. The Balaban J connectivity index is 2.59. The minimum absolute atomic E-state index is 0.453. The van der Waals surface area contributed by atoms with Gasteiger partial charge in [0.25, 0.3) is 0 Å². The Morgan fingerprint density at radius 3 is 2.33 bits per heavy atom. The van der Waals surface area contributed by atoms with Crippen LogP contribution in [0.3, 0.4) is 0 Å². The summed E-state index contributed by atoms with van der Waals surface area (Å²) in [6.45, 7) is 3.57. The molecule has 0 amide bonds. The largest absolute Gasteiger partial charge is 0.477 e. The van der Waals surface area contributed by atoms with Crippen LogP contribution in [-0.2, 0) is 4.79 Å². The Morgan fingerprint density at radius 1 is 1.33 bits per heavy atom. The normalized spacial score (nSPS) is 19.4. The van der Waals surface area contributed by atoms with Gasteiger partial charge in [-0.05, 0) is 26.2 Å². The molecule has 0 bridgehead atoms. The summed E-state index contributed by atoms with van der Waals surface area (Å²) in [7, 11) is 0. The number of carboxylic acid groups (broad SMARTS) is 1. The first kappa shape index (κ1) is 9.10. The Labute approximate surface area is 72.7 Å². The lowest BCUT2D eigenvalue weighted by Crippen LogP contribution is -2.32. The number of likely N-dealkylation sites (tertiary alicyclic amines) is 1. The van der Waals surface area contributed by atoms with Crippen LogP contribution in [0.1, 0.15) is 26.2 Å². The van der Waals surface area contributed by atoms with Crippen molar-refractivity contribution in [2.75, 3.05) is 13.1 Å². The number of aliphatic carboxylic acids is 1. The molecule has 0 aromatic heterocycles. The van der Waals surface area contributed by atoms with Gasteiger partial charge in [-0.3, -0.25) is 0 Å². The predicted molar refractivity (Wildman–Crippen MR) is 46.8 cm³/mol. The second kappa shape index (κ2) is 4.14. The summed E-state index contributed by atoms with van der Waals surface area (Å²) in [4.78, 5) is 12.7. The van der Waals surface area contributed by atoms with E-state index in [2.05, 4.69) is 0 Å². The number of carboxylic acids is 1. The highest BCUT2D eigenvalue weighted by Gasteiger charge is 2.17. The van der Waals surface area contributed by atoms with Crippen molar-refractivity contribution < 1.29 is 9.90 Å². The van der Waals surface area contributed by atoms with Crippen molar-refractivity contribution in [1.82, 2.24) is 4.90 Å². The lowest BCUT2D eigenvalue weighted by atomic mass is 10.1. The fourth-order valence-corrected chi connectivity index (χ4v) is 1.58. The first-order valence-electron chi connectivity index (χ1n) is 4.40. The van der Waals surface area contributed by atoms with Crippen LogP contribution in [-0.4, -0.2) is 29.1 Å². The van der Waals surface area contributed by atoms with E-state index in [1.54, 1.807) is 13.0 Å². The Kier molecular flexibility index (Phi) is 3.14. The second-order valence-corrected chi connectivity index (χ2v) is 3.03. The molecule has 0 radical (unpaired) electrons. The number of allylic oxidation sites excluding steroid dienone is 1. The Hall–Kier alpha value is -0.990. The van der Waals surface area contributed by atoms with E-state index < -0.39 is 5.97 Å². The van der Waals surface area contributed by atoms with Gasteiger partial charge in [0.2, 0.25) is 0 Å². The first-order chi connectivity index (χ1) is 5.75. The molecule has 0 aliphatic carbocycles. The zero-order valence-electron chi connectivity index (χ0n) is 7.42. The third-order valence-electron chi connectivity index (χ3n) is 2.19. The molecule has 0 atom stereocenters. The molecule has 1 saturated heterocycles. The molecule has 3 nitrogen and oxygen atoms in total. The molecular formula is C9H15NO2. The smallest absolute Gasteiger partial charge is 0.351 e. The van der Waals surface area contributed by atoms with Crippen LogP contribution < -0.4 is 0 Å². The Morgan fingerprint density at radius 2 is 1.92 bits per heavy atom. The molecule has 0 aromatic rings. The third-order valence-corrected chi connectivity index (χ3v) is 2.19. The zero-order valence-corrected chi connectivity index (χ0v) is 7.42. The van der Waals surface area contributed by atoms with Crippen LogP contribution >= 0.6 is 0 Å². The van der Waals surface area contributed by atoms with Gasteiger partial charge in [-0.25, -0.2) is 4.79 Å². The van der Waals surface area contributed by atoms with E-state index in [9.17, 15) is 4.79 Å². The summed E-state index contributed by atoms with van der Waals surface area (Å²) >= 11 is 0. The minimum atomic E-state index is -0.806. The van der Waals surface area contributed by atoms with Gasteiger partial charge in [-0.2, -0.15) is 0 Å². The standard InChI is InChI=1S/C9H15NO2/c1-2-8(9(11)12)10-6-4-3-5-7-10/h2H,3-7H2,1H3,(H,11,12). The molecule has 1 aliphatic heterocycles. The number of nitrogens with zero attached hydrogens (tertiary/aromatic N) is 1. The number of rotatable bonds is 2. The lowest BCUT2D eigenvalue weighted by Gasteiger charge is -2.28. The van der Waals surface area contributed by atoms with E-state index in [0.717, 1.165) is 25.9 Å². The molecule has 1 heterocycles. The highest BCUT2D eigenvalue weighted by Crippen LogP contribution is 2.14. The number of carbonyl (C=O) groups is 1. The van der Waals surface area contributed by atoms with E-state index in [1.807, 2.05) is 4.90 Å². The maximum absolute atomic E-state index is 10.7. The molecule has 0 aromatic carbocycles. The van der Waals surface area contributed by atoms with Crippen molar-refractivity contribution in [3.8, 4) is 0 Å². The molecule has 68 valence electrons. The predicted octanol–water partition coefficient (Wildman–Crippen LogP) is 1.46. The molecule has 0 saturated carbocycles. The van der Waals surface area contributed by atoms with Gasteiger partial charge >= 0.3 is 5.97 Å². The van der Waals surface area contributed by atoms with Crippen molar-refractivity contribution >= 4 is 5.97 Å². The summed E-state index contributed by atoms with van der Waals surface area (Å²) in [5, 5.41) is 8.82. The average molecular weight is 169 g/mol. The van der Waals surface area contributed by atoms with Gasteiger partial charge < -0.3 is 10.0 Å². The Bertz CT molecular complexity index is 193.